The number of halogens is 3. The van der Waals surface area contributed by atoms with E-state index in [0.717, 1.165) is 17.0 Å². The quantitative estimate of drug-likeness (QED) is 0.353. The normalized spacial score (nSPS) is 15.6. The first-order chi connectivity index (χ1) is 18.5. The first kappa shape index (κ1) is 26.1. The predicted molar refractivity (Wildman–Crippen MR) is 136 cm³/mol. The number of hydrogen-bond acceptors (Lipinski definition) is 8. The van der Waals surface area contributed by atoms with Gasteiger partial charge in [-0.05, 0) is 50.6 Å². The van der Waals surface area contributed by atoms with Crippen molar-refractivity contribution in [3.8, 4) is 17.1 Å². The van der Waals surface area contributed by atoms with Crippen molar-refractivity contribution in [2.75, 3.05) is 10.2 Å². The van der Waals surface area contributed by atoms with E-state index in [9.17, 15) is 18.0 Å². The van der Waals surface area contributed by atoms with Crippen LogP contribution in [-0.4, -0.2) is 37.7 Å². The van der Waals surface area contributed by atoms with Crippen LogP contribution < -0.4 is 15.0 Å². The van der Waals surface area contributed by atoms with Gasteiger partial charge >= 0.3 is 12.1 Å². The van der Waals surface area contributed by atoms with Crippen LogP contribution in [0.1, 0.15) is 38.0 Å². The molecule has 202 valence electrons. The molecule has 1 atom stereocenters. The number of ether oxygens (including phenoxy) is 1. The van der Waals surface area contributed by atoms with Gasteiger partial charge < -0.3 is 19.5 Å². The standard InChI is InChI=1S/C27H25F3N6O3/c1-26(2,3)38-18-10-8-16(9-11-18)12-21-24(37)33-19-6-4-5-7-20(19)36(21)15-22-31-13-17(14-32-22)23-34-25(39-35-23)27(28,29)30/h4-11,13-14,21H,12,15H2,1-3H3,(H,33,37). The lowest BCUT2D eigenvalue weighted by molar-refractivity contribution is -0.159. The molecular weight excluding hydrogens is 513 g/mol. The van der Waals surface area contributed by atoms with Crippen molar-refractivity contribution in [2.45, 2.75) is 51.6 Å². The van der Waals surface area contributed by atoms with Crippen LogP contribution in [0.15, 0.2) is 65.4 Å². The smallest absolute Gasteiger partial charge is 0.471 e. The molecule has 0 fully saturated rings. The zero-order chi connectivity index (χ0) is 27.8. The van der Waals surface area contributed by atoms with Crippen molar-refractivity contribution in [1.29, 1.82) is 0 Å². The maximum atomic E-state index is 13.2. The number of nitrogens with one attached hydrogen (secondary N) is 1. The molecule has 0 saturated carbocycles. The van der Waals surface area contributed by atoms with Crippen LogP contribution in [0.4, 0.5) is 24.5 Å². The number of aromatic nitrogens is 4. The number of rotatable bonds is 6. The number of carbonyl (C=O) groups is 1. The number of alkyl halides is 3. The lowest BCUT2D eigenvalue weighted by Crippen LogP contribution is -2.49. The van der Waals surface area contributed by atoms with Crippen molar-refractivity contribution in [3.63, 3.8) is 0 Å². The molecule has 0 saturated heterocycles. The molecule has 1 unspecified atom stereocenters. The van der Waals surface area contributed by atoms with Crippen LogP contribution >= 0.6 is 0 Å². The Hall–Kier alpha value is -4.48. The van der Waals surface area contributed by atoms with Gasteiger partial charge in [0, 0.05) is 18.8 Å². The van der Waals surface area contributed by atoms with E-state index in [1.165, 1.54) is 12.4 Å². The van der Waals surface area contributed by atoms with Crippen LogP contribution in [0.2, 0.25) is 0 Å². The maximum Gasteiger partial charge on any atom is 0.471 e. The molecule has 9 nitrogen and oxygen atoms in total. The van der Waals surface area contributed by atoms with E-state index in [4.69, 9.17) is 4.74 Å². The largest absolute Gasteiger partial charge is 0.488 e. The minimum Gasteiger partial charge on any atom is -0.488 e. The van der Waals surface area contributed by atoms with Crippen LogP contribution in [-0.2, 0) is 23.9 Å². The molecule has 0 bridgehead atoms. The number of benzene rings is 2. The van der Waals surface area contributed by atoms with Crippen LogP contribution in [0.25, 0.3) is 11.4 Å². The third kappa shape index (κ3) is 6.00. The fourth-order valence-corrected chi connectivity index (χ4v) is 4.18. The van der Waals surface area contributed by atoms with Gasteiger partial charge in [-0.15, -0.1) is 0 Å². The van der Waals surface area contributed by atoms with E-state index >= 15 is 0 Å². The fourth-order valence-electron chi connectivity index (χ4n) is 4.18. The summed E-state index contributed by atoms with van der Waals surface area (Å²) in [6, 6.07) is 14.5. The van der Waals surface area contributed by atoms with Gasteiger partial charge in [0.2, 0.25) is 11.7 Å². The summed E-state index contributed by atoms with van der Waals surface area (Å²) in [6.07, 6.45) is -1.68. The lowest BCUT2D eigenvalue weighted by atomic mass is 10.00. The molecule has 1 aliphatic rings. The van der Waals surface area contributed by atoms with Crippen LogP contribution in [0.3, 0.4) is 0 Å². The number of anilines is 2. The summed E-state index contributed by atoms with van der Waals surface area (Å²) in [5, 5.41) is 6.33. The molecule has 1 N–H and O–H groups in total. The van der Waals surface area contributed by atoms with Gasteiger partial charge in [-0.1, -0.05) is 29.4 Å². The molecule has 2 aromatic carbocycles. The summed E-state index contributed by atoms with van der Waals surface area (Å²) < 4.78 is 48.6. The summed E-state index contributed by atoms with van der Waals surface area (Å²) in [5.74, 6) is -0.792. The molecule has 3 heterocycles. The van der Waals surface area contributed by atoms with Crippen molar-refractivity contribution >= 4 is 17.3 Å². The molecule has 5 rings (SSSR count). The van der Waals surface area contributed by atoms with Crippen LogP contribution in [0, 0.1) is 0 Å². The first-order valence-corrected chi connectivity index (χ1v) is 12.1. The van der Waals surface area contributed by atoms with E-state index < -0.39 is 18.1 Å². The Balaban J connectivity index is 1.38. The second kappa shape index (κ2) is 10.0. The molecular formula is C27H25F3N6O3. The van der Waals surface area contributed by atoms with Gasteiger partial charge in [-0.25, -0.2) is 9.97 Å². The Kier molecular flexibility index (Phi) is 6.71. The number of fused-ring (bicyclic) bond motifs is 1. The summed E-state index contributed by atoms with van der Waals surface area (Å²) in [7, 11) is 0. The van der Waals surface area contributed by atoms with E-state index in [2.05, 4.69) is 29.9 Å². The zero-order valence-electron chi connectivity index (χ0n) is 21.4. The predicted octanol–water partition coefficient (Wildman–Crippen LogP) is 5.29. The molecule has 0 aliphatic carbocycles. The Bertz CT molecular complexity index is 1460. The van der Waals surface area contributed by atoms with Crippen molar-refractivity contribution in [2.24, 2.45) is 0 Å². The molecule has 1 amide bonds. The van der Waals surface area contributed by atoms with Gasteiger partial charge in [0.05, 0.1) is 23.5 Å². The summed E-state index contributed by atoms with van der Waals surface area (Å²) in [4.78, 5) is 27.1. The molecule has 4 aromatic rings. The van der Waals surface area contributed by atoms with E-state index in [1.807, 2.05) is 74.2 Å². The van der Waals surface area contributed by atoms with Crippen molar-refractivity contribution < 1.29 is 27.2 Å². The van der Waals surface area contributed by atoms with Gasteiger partial charge in [-0.2, -0.15) is 18.2 Å². The lowest BCUT2D eigenvalue weighted by Gasteiger charge is -2.37. The van der Waals surface area contributed by atoms with Gasteiger partial charge in [0.1, 0.15) is 23.2 Å². The summed E-state index contributed by atoms with van der Waals surface area (Å²) in [6.45, 7) is 6.10. The third-order valence-corrected chi connectivity index (χ3v) is 5.87. The average molecular weight is 539 g/mol. The van der Waals surface area contributed by atoms with E-state index in [-0.39, 0.29) is 29.4 Å². The number of nitrogens with zero attached hydrogens (tertiary/aromatic N) is 5. The zero-order valence-corrected chi connectivity index (χ0v) is 21.4. The van der Waals surface area contributed by atoms with Crippen molar-refractivity contribution in [1.82, 2.24) is 20.1 Å². The number of amides is 1. The second-order valence-electron chi connectivity index (χ2n) is 10.0. The Labute approximate surface area is 222 Å². The molecule has 39 heavy (non-hydrogen) atoms. The SMILES string of the molecule is CC(C)(C)Oc1ccc(CC2C(=O)Nc3ccccc3N2Cc2ncc(-c3noc(C(F)(F)F)n3)cn2)cc1. The van der Waals surface area contributed by atoms with E-state index in [0.29, 0.717) is 17.9 Å². The van der Waals surface area contributed by atoms with Crippen LogP contribution in [0.5, 0.6) is 5.75 Å². The average Bonchev–Trinajstić information content (AvgIpc) is 3.38. The van der Waals surface area contributed by atoms with Gasteiger partial charge in [0.25, 0.3) is 0 Å². The minimum absolute atomic E-state index is 0.170. The minimum atomic E-state index is -4.75. The summed E-state index contributed by atoms with van der Waals surface area (Å²) >= 11 is 0. The number of para-hydroxylation sites is 2. The first-order valence-electron chi connectivity index (χ1n) is 12.1. The topological polar surface area (TPSA) is 106 Å². The molecule has 12 heteroatoms. The Morgan fingerprint density at radius 3 is 2.36 bits per heavy atom. The molecule has 0 radical (unpaired) electrons. The summed E-state index contributed by atoms with van der Waals surface area (Å²) in [5.41, 5.74) is 2.25. The fraction of sp³-hybridized carbons (Fsp3) is 0.296. The third-order valence-electron chi connectivity index (χ3n) is 5.87. The number of hydrogen-bond donors (Lipinski definition) is 1. The van der Waals surface area contributed by atoms with E-state index in [1.54, 1.807) is 0 Å². The second-order valence-corrected chi connectivity index (χ2v) is 10.0. The molecule has 2 aromatic heterocycles. The maximum absolute atomic E-state index is 13.2. The van der Waals surface area contributed by atoms with Gasteiger partial charge in [0.15, 0.2) is 0 Å². The molecule has 1 aliphatic heterocycles. The van der Waals surface area contributed by atoms with Gasteiger partial charge in [-0.3, -0.25) is 4.79 Å². The number of carbonyl (C=O) groups excluding carboxylic acids is 1. The highest BCUT2D eigenvalue weighted by Gasteiger charge is 2.38. The highest BCUT2D eigenvalue weighted by atomic mass is 19.4. The monoisotopic (exact) mass is 538 g/mol. The Morgan fingerprint density at radius 1 is 1.03 bits per heavy atom. The molecule has 0 spiro atoms. The highest BCUT2D eigenvalue weighted by molar-refractivity contribution is 6.03. The van der Waals surface area contributed by atoms with Crippen molar-refractivity contribution in [3.05, 3.63) is 78.2 Å². The Morgan fingerprint density at radius 2 is 1.72 bits per heavy atom. The highest BCUT2D eigenvalue weighted by Crippen LogP contribution is 2.34.